The monoisotopic (exact) mass is 472 g/mol. The molecule has 0 aliphatic rings. The number of thiazole rings is 1. The molecular weight excluding hydrogens is 455 g/mol. The predicted molar refractivity (Wildman–Crippen MR) is 128 cm³/mol. The SMILES string of the molecule is CC(c1ccc(-c2ccccc2)c(F)c1)c1nc2s/c(=C\c3cccc([N+](=O)[O-])c3)c(=O)n2n1. The van der Waals surface area contributed by atoms with Crippen molar-refractivity contribution < 1.29 is 9.31 Å². The van der Waals surface area contributed by atoms with Crippen LogP contribution in [-0.4, -0.2) is 19.5 Å². The second-order valence-corrected chi connectivity index (χ2v) is 8.77. The summed E-state index contributed by atoms with van der Waals surface area (Å²) in [5.41, 5.74) is 2.14. The van der Waals surface area contributed by atoms with Gasteiger partial charge < -0.3 is 0 Å². The smallest absolute Gasteiger partial charge is 0.266 e. The van der Waals surface area contributed by atoms with Crippen molar-refractivity contribution in [1.29, 1.82) is 0 Å². The third-order valence-corrected chi connectivity index (χ3v) is 6.50. The first-order chi connectivity index (χ1) is 16.4. The predicted octanol–water partition coefficient (Wildman–Crippen LogP) is 4.56. The van der Waals surface area contributed by atoms with Gasteiger partial charge in [0.25, 0.3) is 11.2 Å². The number of rotatable bonds is 5. The van der Waals surface area contributed by atoms with Gasteiger partial charge in [-0.25, -0.2) is 9.37 Å². The lowest BCUT2D eigenvalue weighted by Crippen LogP contribution is -2.24. The van der Waals surface area contributed by atoms with Crippen LogP contribution in [0, 0.1) is 15.9 Å². The Balaban J connectivity index is 1.47. The van der Waals surface area contributed by atoms with E-state index in [0.717, 1.165) is 16.9 Å². The van der Waals surface area contributed by atoms with Crippen molar-refractivity contribution in [2.45, 2.75) is 12.8 Å². The Morgan fingerprint density at radius 3 is 2.59 bits per heavy atom. The summed E-state index contributed by atoms with van der Waals surface area (Å²) in [7, 11) is 0. The van der Waals surface area contributed by atoms with E-state index in [-0.39, 0.29) is 23.0 Å². The fourth-order valence-corrected chi connectivity index (χ4v) is 4.63. The lowest BCUT2D eigenvalue weighted by atomic mass is 9.96. The number of halogens is 1. The summed E-state index contributed by atoms with van der Waals surface area (Å²) in [4.78, 5) is 28.2. The van der Waals surface area contributed by atoms with Crippen LogP contribution in [0.25, 0.3) is 22.2 Å². The van der Waals surface area contributed by atoms with Crippen molar-refractivity contribution in [2.24, 2.45) is 0 Å². The Kier molecular flexibility index (Phi) is 5.46. The fraction of sp³-hybridized carbons (Fsp3) is 0.0800. The van der Waals surface area contributed by atoms with Gasteiger partial charge in [-0.05, 0) is 28.8 Å². The zero-order valence-electron chi connectivity index (χ0n) is 17.9. The summed E-state index contributed by atoms with van der Waals surface area (Å²) in [6, 6.07) is 20.4. The molecule has 5 aromatic rings. The molecule has 0 bridgehead atoms. The van der Waals surface area contributed by atoms with Gasteiger partial charge in [-0.3, -0.25) is 14.9 Å². The van der Waals surface area contributed by atoms with Gasteiger partial charge in [-0.1, -0.05) is 72.9 Å². The van der Waals surface area contributed by atoms with Crippen molar-refractivity contribution in [3.05, 3.63) is 121 Å². The number of aromatic nitrogens is 3. The second kappa shape index (κ2) is 8.60. The third-order valence-electron chi connectivity index (χ3n) is 5.54. The molecule has 0 aliphatic heterocycles. The fourth-order valence-electron chi connectivity index (χ4n) is 3.71. The Morgan fingerprint density at radius 1 is 1.09 bits per heavy atom. The molecule has 0 saturated carbocycles. The first-order valence-corrected chi connectivity index (χ1v) is 11.2. The van der Waals surface area contributed by atoms with Gasteiger partial charge in [-0.2, -0.15) is 4.52 Å². The molecule has 2 aromatic heterocycles. The van der Waals surface area contributed by atoms with Gasteiger partial charge in [0.2, 0.25) is 4.96 Å². The van der Waals surface area contributed by atoms with Crippen LogP contribution >= 0.6 is 11.3 Å². The summed E-state index contributed by atoms with van der Waals surface area (Å²) in [5, 5.41) is 15.3. The van der Waals surface area contributed by atoms with Crippen LogP contribution in [0.4, 0.5) is 10.1 Å². The van der Waals surface area contributed by atoms with Crippen LogP contribution in [0.15, 0.2) is 77.6 Å². The molecule has 3 aromatic carbocycles. The molecule has 0 radical (unpaired) electrons. The molecule has 34 heavy (non-hydrogen) atoms. The maximum absolute atomic E-state index is 14.8. The number of hydrogen-bond acceptors (Lipinski definition) is 6. The summed E-state index contributed by atoms with van der Waals surface area (Å²) in [6.07, 6.45) is 1.58. The second-order valence-electron chi connectivity index (χ2n) is 7.76. The van der Waals surface area contributed by atoms with E-state index in [9.17, 15) is 19.3 Å². The van der Waals surface area contributed by atoms with E-state index in [1.807, 2.05) is 43.3 Å². The number of nitro groups is 1. The molecule has 1 atom stereocenters. The van der Waals surface area contributed by atoms with Crippen LogP contribution < -0.4 is 10.1 Å². The van der Waals surface area contributed by atoms with Crippen molar-refractivity contribution in [3.63, 3.8) is 0 Å². The van der Waals surface area contributed by atoms with E-state index in [1.54, 1.807) is 24.3 Å². The minimum Gasteiger partial charge on any atom is -0.266 e. The summed E-state index contributed by atoms with van der Waals surface area (Å²) >= 11 is 1.15. The van der Waals surface area contributed by atoms with Crippen LogP contribution in [0.5, 0.6) is 0 Å². The summed E-state index contributed by atoms with van der Waals surface area (Å²) in [5.74, 6) is -0.248. The van der Waals surface area contributed by atoms with Crippen molar-refractivity contribution in [2.75, 3.05) is 0 Å². The highest BCUT2D eigenvalue weighted by molar-refractivity contribution is 7.15. The first-order valence-electron chi connectivity index (χ1n) is 10.4. The molecule has 2 heterocycles. The van der Waals surface area contributed by atoms with Gasteiger partial charge in [0.05, 0.1) is 9.46 Å². The Hall–Kier alpha value is -4.24. The van der Waals surface area contributed by atoms with Crippen LogP contribution in [0.2, 0.25) is 0 Å². The molecule has 7 nitrogen and oxygen atoms in total. The van der Waals surface area contributed by atoms with E-state index >= 15 is 0 Å². The van der Waals surface area contributed by atoms with Crippen LogP contribution in [0.3, 0.4) is 0 Å². The zero-order chi connectivity index (χ0) is 23.8. The van der Waals surface area contributed by atoms with Crippen molar-refractivity contribution in [3.8, 4) is 11.1 Å². The van der Waals surface area contributed by atoms with Crippen molar-refractivity contribution in [1.82, 2.24) is 14.6 Å². The maximum atomic E-state index is 14.8. The lowest BCUT2D eigenvalue weighted by Gasteiger charge is -2.10. The molecule has 0 saturated heterocycles. The topological polar surface area (TPSA) is 90.4 Å². The van der Waals surface area contributed by atoms with E-state index in [1.165, 1.54) is 22.7 Å². The minimum atomic E-state index is -0.485. The number of nitro benzene ring substituents is 1. The summed E-state index contributed by atoms with van der Waals surface area (Å²) < 4.78 is 16.4. The Morgan fingerprint density at radius 2 is 1.88 bits per heavy atom. The van der Waals surface area contributed by atoms with E-state index < -0.39 is 4.92 Å². The van der Waals surface area contributed by atoms with Crippen LogP contribution in [-0.2, 0) is 0 Å². The zero-order valence-corrected chi connectivity index (χ0v) is 18.7. The van der Waals surface area contributed by atoms with Gasteiger partial charge in [0.1, 0.15) is 5.82 Å². The highest BCUT2D eigenvalue weighted by atomic mass is 32.1. The molecular formula is C25H17FN4O3S. The molecule has 0 fully saturated rings. The average Bonchev–Trinajstić information content (AvgIpc) is 3.38. The number of benzene rings is 3. The Labute approximate surface area is 196 Å². The standard InChI is InChI=1S/C25H17FN4O3S/c1-15(18-10-11-20(21(26)14-18)17-7-3-2-4-8-17)23-27-25-29(28-23)24(31)22(34-25)13-16-6-5-9-19(12-16)30(32)33/h2-15H,1H3/b22-13-. The quantitative estimate of drug-likeness (QED) is 0.276. The van der Waals surface area contributed by atoms with Gasteiger partial charge in [0, 0.05) is 23.6 Å². The van der Waals surface area contributed by atoms with Gasteiger partial charge in [-0.15, -0.1) is 5.10 Å². The molecule has 0 N–H and O–H groups in total. The number of hydrogen-bond donors (Lipinski definition) is 0. The third kappa shape index (κ3) is 3.97. The van der Waals surface area contributed by atoms with E-state index in [2.05, 4.69) is 10.1 Å². The molecule has 0 aliphatic carbocycles. The average molecular weight is 473 g/mol. The number of fused-ring (bicyclic) bond motifs is 1. The molecule has 1 unspecified atom stereocenters. The molecule has 0 amide bonds. The molecule has 9 heteroatoms. The highest BCUT2D eigenvalue weighted by Crippen LogP contribution is 2.28. The minimum absolute atomic E-state index is 0.0534. The van der Waals surface area contributed by atoms with Crippen LogP contribution in [0.1, 0.15) is 29.8 Å². The molecule has 0 spiro atoms. The number of nitrogens with zero attached hydrogens (tertiary/aromatic N) is 4. The van der Waals surface area contributed by atoms with Crippen molar-refractivity contribution >= 4 is 28.1 Å². The number of non-ortho nitro benzene ring substituents is 1. The maximum Gasteiger partial charge on any atom is 0.291 e. The molecule has 5 rings (SSSR count). The Bertz CT molecular complexity index is 1650. The van der Waals surface area contributed by atoms with Gasteiger partial charge in [0.15, 0.2) is 5.82 Å². The highest BCUT2D eigenvalue weighted by Gasteiger charge is 2.19. The normalized spacial score (nSPS) is 12.8. The van der Waals surface area contributed by atoms with E-state index in [4.69, 9.17) is 0 Å². The molecule has 168 valence electrons. The van der Waals surface area contributed by atoms with E-state index in [0.29, 0.717) is 32.0 Å². The lowest BCUT2D eigenvalue weighted by molar-refractivity contribution is -0.384. The largest absolute Gasteiger partial charge is 0.291 e. The summed E-state index contributed by atoms with van der Waals surface area (Å²) in [6.45, 7) is 1.86. The first kappa shape index (κ1) is 21.6. The van der Waals surface area contributed by atoms with Gasteiger partial charge >= 0.3 is 0 Å².